The van der Waals surface area contributed by atoms with Crippen LogP contribution in [0.3, 0.4) is 0 Å². The van der Waals surface area contributed by atoms with Crippen molar-refractivity contribution >= 4 is 67.9 Å². The van der Waals surface area contributed by atoms with Gasteiger partial charge in [-0.1, -0.05) is 35.3 Å². The molecule has 4 N–H and O–H groups in total. The summed E-state index contributed by atoms with van der Waals surface area (Å²) in [5, 5.41) is 17.9. The monoisotopic (exact) mass is 734 g/mol. The van der Waals surface area contributed by atoms with Crippen LogP contribution in [0.5, 0.6) is 0 Å². The summed E-state index contributed by atoms with van der Waals surface area (Å²) >= 11 is 11.8. The van der Waals surface area contributed by atoms with Gasteiger partial charge in [0.15, 0.2) is 10.3 Å². The van der Waals surface area contributed by atoms with Gasteiger partial charge in [-0.3, -0.25) is 19.2 Å². The Morgan fingerprint density at radius 3 is 1.46 bits per heavy atom. The predicted molar refractivity (Wildman–Crippen MR) is 174 cm³/mol. The van der Waals surface area contributed by atoms with Gasteiger partial charge in [-0.25, -0.2) is 10.2 Å². The van der Waals surface area contributed by atoms with Crippen molar-refractivity contribution in [1.29, 1.82) is 0 Å². The number of carbonyl (C=O) groups is 2. The van der Waals surface area contributed by atoms with E-state index in [1.54, 1.807) is 0 Å². The minimum atomic E-state index is -4.55. The number of aromatic amines is 2. The molecule has 2 aromatic heterocycles. The fraction of sp³-hybridized carbons (Fsp3) is 0.0625. The van der Waals surface area contributed by atoms with Crippen molar-refractivity contribution in [2.24, 2.45) is 0 Å². The molecule has 0 saturated carbocycles. The number of amides is 2. The molecular weight excluding hydrogens is 717 g/mol. The predicted octanol–water partition coefficient (Wildman–Crippen LogP) is 7.70. The summed E-state index contributed by atoms with van der Waals surface area (Å²) in [6.07, 6.45) is -9.09. The van der Waals surface area contributed by atoms with E-state index in [-0.39, 0.29) is 43.6 Å². The van der Waals surface area contributed by atoms with Gasteiger partial charge in [0.2, 0.25) is 0 Å². The van der Waals surface area contributed by atoms with E-state index in [1.165, 1.54) is 48.5 Å². The number of aromatic nitrogens is 4. The van der Waals surface area contributed by atoms with E-state index < -0.39 is 46.4 Å². The van der Waals surface area contributed by atoms with Gasteiger partial charge in [0.05, 0.1) is 21.9 Å². The van der Waals surface area contributed by atoms with Crippen LogP contribution < -0.4 is 21.8 Å². The number of fused-ring (bicyclic) bond motifs is 2. The topological polar surface area (TPSA) is 150 Å². The molecule has 2 heterocycles. The lowest BCUT2D eigenvalue weighted by Gasteiger charge is -2.10. The Morgan fingerprint density at radius 1 is 0.560 bits per heavy atom. The van der Waals surface area contributed by atoms with Crippen LogP contribution in [-0.2, 0) is 12.4 Å². The normalized spacial score (nSPS) is 11.5. The molecule has 0 bridgehead atoms. The van der Waals surface area contributed by atoms with Crippen LogP contribution in [0, 0.1) is 0 Å². The first-order valence-electron chi connectivity index (χ1n) is 13.8. The Labute approximate surface area is 285 Å². The zero-order valence-electron chi connectivity index (χ0n) is 24.6. The number of carbonyl (C=O) groups excluding carboxylic acids is 2. The van der Waals surface area contributed by atoms with Gasteiger partial charge in [-0.15, -0.1) is 0 Å². The minimum Gasteiger partial charge on any atom is -0.322 e. The number of alkyl halides is 6. The second-order valence-corrected chi connectivity index (χ2v) is 11.0. The third-order valence-corrected chi connectivity index (χ3v) is 7.48. The lowest BCUT2D eigenvalue weighted by molar-refractivity contribution is -0.138. The first-order valence-corrected chi connectivity index (χ1v) is 14.6. The van der Waals surface area contributed by atoms with Crippen molar-refractivity contribution in [3.8, 4) is 0 Å². The number of halogens is 8. The number of benzene rings is 4. The average molecular weight is 735 g/mol. The summed E-state index contributed by atoms with van der Waals surface area (Å²) in [7, 11) is 0. The van der Waals surface area contributed by atoms with Crippen LogP contribution in [0.15, 0.2) is 94.5 Å². The number of hydrogen-bond acceptors (Lipinski definition) is 6. The molecule has 6 rings (SSSR count). The van der Waals surface area contributed by atoms with Crippen LogP contribution in [0.2, 0.25) is 10.3 Å². The summed E-state index contributed by atoms with van der Waals surface area (Å²) in [6, 6.07) is 16.7. The van der Waals surface area contributed by atoms with Crippen LogP contribution in [0.25, 0.3) is 21.5 Å². The van der Waals surface area contributed by atoms with Crippen molar-refractivity contribution in [2.75, 3.05) is 10.6 Å². The van der Waals surface area contributed by atoms with Gasteiger partial charge in [-0.05, 0) is 72.8 Å². The fourth-order valence-electron chi connectivity index (χ4n) is 4.50. The van der Waals surface area contributed by atoms with E-state index in [0.29, 0.717) is 10.8 Å². The van der Waals surface area contributed by atoms with Gasteiger partial charge < -0.3 is 10.6 Å². The minimum absolute atomic E-state index is 0.0322. The number of hydrogen-bond donors (Lipinski definition) is 4. The highest BCUT2D eigenvalue weighted by atomic mass is 35.5. The highest BCUT2D eigenvalue weighted by Crippen LogP contribution is 2.31. The van der Waals surface area contributed by atoms with E-state index in [9.17, 15) is 45.5 Å². The van der Waals surface area contributed by atoms with E-state index >= 15 is 0 Å². The van der Waals surface area contributed by atoms with Crippen molar-refractivity contribution in [2.45, 2.75) is 12.4 Å². The van der Waals surface area contributed by atoms with Gasteiger partial charge in [0.25, 0.3) is 22.9 Å². The summed E-state index contributed by atoms with van der Waals surface area (Å²) in [6.45, 7) is 0. The Hall–Kier alpha value is -5.74. The quantitative estimate of drug-likeness (QED) is 0.136. The van der Waals surface area contributed by atoms with E-state index in [0.717, 1.165) is 36.4 Å². The molecule has 0 unspecified atom stereocenters. The molecular formula is C32H18Cl2F6N6O4. The second kappa shape index (κ2) is 14.0. The smallest absolute Gasteiger partial charge is 0.322 e. The third kappa shape index (κ3) is 8.10. The number of rotatable bonds is 4. The standard InChI is InChI=1S/2C16H9ClF3N3O2/c17-13-12-7-10(4-5-11(12)15(25)23-22-13)21-14(24)8-2-1-3-9(6-8)16(18,19)20;17-13-11-5-4-10(7-12(11)15(25)23-22-13)21-14(24)8-2-1-3-9(6-8)16(18,19)20/h2*1-7H,(H,21,24)(H,23,25). The molecule has 0 aliphatic heterocycles. The zero-order valence-corrected chi connectivity index (χ0v) is 26.1. The summed E-state index contributed by atoms with van der Waals surface area (Å²) in [5.41, 5.74) is -2.59. The number of nitrogens with zero attached hydrogens (tertiary/aromatic N) is 2. The van der Waals surface area contributed by atoms with Gasteiger partial charge in [0, 0.05) is 33.3 Å². The number of H-pyrrole nitrogens is 2. The third-order valence-electron chi connectivity index (χ3n) is 6.90. The molecule has 18 heteroatoms. The molecule has 0 spiro atoms. The van der Waals surface area contributed by atoms with Crippen LogP contribution in [0.1, 0.15) is 31.8 Å². The first kappa shape index (κ1) is 35.6. The van der Waals surface area contributed by atoms with E-state index in [4.69, 9.17) is 23.2 Å². The van der Waals surface area contributed by atoms with Crippen molar-refractivity contribution < 1.29 is 35.9 Å². The van der Waals surface area contributed by atoms with Crippen LogP contribution >= 0.6 is 23.2 Å². The number of nitrogens with one attached hydrogen (secondary N) is 4. The lowest BCUT2D eigenvalue weighted by Crippen LogP contribution is -2.14. The van der Waals surface area contributed by atoms with Crippen molar-refractivity contribution in [3.63, 3.8) is 0 Å². The molecule has 0 aliphatic rings. The van der Waals surface area contributed by atoms with Crippen LogP contribution in [0.4, 0.5) is 37.7 Å². The largest absolute Gasteiger partial charge is 0.416 e. The van der Waals surface area contributed by atoms with E-state index in [2.05, 4.69) is 31.0 Å². The van der Waals surface area contributed by atoms with Crippen molar-refractivity contribution in [1.82, 2.24) is 20.4 Å². The maximum absolute atomic E-state index is 12.7. The van der Waals surface area contributed by atoms with Gasteiger partial charge >= 0.3 is 12.4 Å². The molecule has 0 atom stereocenters. The average Bonchev–Trinajstić information content (AvgIpc) is 3.08. The molecule has 256 valence electrons. The second-order valence-electron chi connectivity index (χ2n) is 10.3. The summed E-state index contributed by atoms with van der Waals surface area (Å²) in [4.78, 5) is 47.8. The molecule has 0 saturated heterocycles. The zero-order chi connectivity index (χ0) is 36.4. The van der Waals surface area contributed by atoms with Crippen molar-refractivity contribution in [3.05, 3.63) is 138 Å². The maximum Gasteiger partial charge on any atom is 0.416 e. The summed E-state index contributed by atoms with van der Waals surface area (Å²) < 4.78 is 76.4. The molecule has 6 aromatic rings. The lowest BCUT2D eigenvalue weighted by atomic mass is 10.1. The Morgan fingerprint density at radius 2 is 0.980 bits per heavy atom. The highest BCUT2D eigenvalue weighted by Gasteiger charge is 2.31. The molecule has 2 amide bonds. The molecule has 10 nitrogen and oxygen atoms in total. The molecule has 50 heavy (non-hydrogen) atoms. The van der Waals surface area contributed by atoms with Gasteiger partial charge in [0.1, 0.15) is 0 Å². The Kier molecular flexibility index (Phi) is 9.96. The molecule has 0 aliphatic carbocycles. The van der Waals surface area contributed by atoms with Gasteiger partial charge in [-0.2, -0.15) is 36.5 Å². The highest BCUT2D eigenvalue weighted by molar-refractivity contribution is 6.34. The number of anilines is 2. The first-order chi connectivity index (χ1) is 23.5. The molecule has 4 aromatic carbocycles. The molecule has 0 radical (unpaired) electrons. The Balaban J connectivity index is 0.000000194. The maximum atomic E-state index is 12.7. The summed E-state index contributed by atoms with van der Waals surface area (Å²) in [5.74, 6) is -1.46. The van der Waals surface area contributed by atoms with E-state index in [1.807, 2.05) is 0 Å². The SMILES string of the molecule is O=C(Nc1ccc2c(=O)[nH]nc(Cl)c2c1)c1cccc(C(F)(F)F)c1.O=C(Nc1ccc2c(Cl)n[nH]c(=O)c2c1)c1cccc(C(F)(F)F)c1. The fourth-order valence-corrected chi connectivity index (χ4v) is 4.91. The molecule has 0 fully saturated rings. The Bertz CT molecular complexity index is 2400. The van der Waals surface area contributed by atoms with Crippen LogP contribution in [-0.4, -0.2) is 32.2 Å².